The molecular weight excluding hydrogens is 672 g/mol. The number of methoxy groups -OCH3 is 1. The number of phosphoric acid groups is 1. The number of anilines is 3. The van der Waals surface area contributed by atoms with Gasteiger partial charge in [0, 0.05) is 29.8 Å². The molecule has 0 aliphatic carbocycles. The van der Waals surface area contributed by atoms with Gasteiger partial charge in [-0.05, 0) is 59.7 Å². The van der Waals surface area contributed by atoms with Crippen LogP contribution in [0, 0.1) is 5.82 Å². The minimum absolute atomic E-state index is 0.0423. The molecule has 2 heterocycles. The van der Waals surface area contributed by atoms with Crippen molar-refractivity contribution in [1.29, 1.82) is 0 Å². The topological polar surface area (TPSA) is 199 Å². The number of sulfone groups is 1. The molecule has 5 rings (SSSR count). The Labute approximate surface area is 272 Å². The summed E-state index contributed by atoms with van der Waals surface area (Å²) in [5, 5.41) is 7.18. The van der Waals surface area contributed by atoms with Gasteiger partial charge in [-0.25, -0.2) is 36.1 Å². The zero-order valence-corrected chi connectivity index (χ0v) is 26.9. The first-order valence-corrected chi connectivity index (χ1v) is 17.2. The number of pyridine rings is 1. The summed E-state index contributed by atoms with van der Waals surface area (Å²) in [5.74, 6) is -0.986. The molecule has 18 heteroatoms. The molecule has 0 spiro atoms. The third-order valence-electron chi connectivity index (χ3n) is 6.71. The molecule has 3 aromatic carbocycles. The van der Waals surface area contributed by atoms with Gasteiger partial charge in [0.15, 0.2) is 15.5 Å². The lowest BCUT2D eigenvalue weighted by atomic mass is 10.1. The molecule has 2 amide bonds. The van der Waals surface area contributed by atoms with Crippen LogP contribution in [0.15, 0.2) is 90.0 Å². The Bertz CT molecular complexity index is 2140. The second-order valence-corrected chi connectivity index (χ2v) is 13.4. The summed E-state index contributed by atoms with van der Waals surface area (Å²) in [4.78, 5) is 48.7. The zero-order valence-electron chi connectivity index (χ0n) is 25.2. The molecular formula is C30H27FN5O10PS. The van der Waals surface area contributed by atoms with Gasteiger partial charge in [-0.1, -0.05) is 24.3 Å². The average molecular weight is 700 g/mol. The highest BCUT2D eigenvalue weighted by atomic mass is 32.2. The van der Waals surface area contributed by atoms with Crippen molar-refractivity contribution in [2.24, 2.45) is 0 Å². The summed E-state index contributed by atoms with van der Waals surface area (Å²) in [6.45, 7) is -1.12. The van der Waals surface area contributed by atoms with E-state index in [2.05, 4.69) is 19.9 Å². The lowest BCUT2D eigenvalue weighted by Gasteiger charge is -2.21. The van der Waals surface area contributed by atoms with Crippen LogP contribution in [-0.2, 0) is 34.9 Å². The maximum atomic E-state index is 13.2. The first kappa shape index (κ1) is 34.2. The maximum Gasteiger partial charge on any atom is 0.472 e. The molecule has 0 atom stereocenters. The van der Waals surface area contributed by atoms with Crippen molar-refractivity contribution in [3.63, 3.8) is 0 Å². The second-order valence-electron chi connectivity index (χ2n) is 10.2. The molecule has 0 saturated heterocycles. The van der Waals surface area contributed by atoms with Crippen molar-refractivity contribution in [3.05, 3.63) is 96.4 Å². The van der Waals surface area contributed by atoms with Crippen LogP contribution in [0.3, 0.4) is 0 Å². The van der Waals surface area contributed by atoms with Crippen LogP contribution in [-0.4, -0.2) is 65.0 Å². The minimum atomic E-state index is -4.98. The highest BCUT2D eigenvalue weighted by molar-refractivity contribution is 7.90. The van der Waals surface area contributed by atoms with Gasteiger partial charge < -0.3 is 24.6 Å². The van der Waals surface area contributed by atoms with Crippen LogP contribution in [0.1, 0.15) is 5.56 Å². The van der Waals surface area contributed by atoms with Crippen molar-refractivity contribution < 1.29 is 50.7 Å². The number of ether oxygens (including phenoxy) is 2. The molecule has 3 N–H and O–H groups in total. The van der Waals surface area contributed by atoms with E-state index in [1.807, 2.05) is 0 Å². The molecule has 2 aromatic heterocycles. The Morgan fingerprint density at radius 3 is 2.33 bits per heavy atom. The number of halogens is 1. The highest BCUT2D eigenvalue weighted by Crippen LogP contribution is 2.37. The molecule has 0 bridgehead atoms. The fourth-order valence-electron chi connectivity index (χ4n) is 4.45. The van der Waals surface area contributed by atoms with Crippen LogP contribution in [0.25, 0.3) is 16.8 Å². The van der Waals surface area contributed by atoms with E-state index in [9.17, 15) is 27.0 Å². The summed E-state index contributed by atoms with van der Waals surface area (Å²) >= 11 is 0. The maximum absolute atomic E-state index is 13.2. The monoisotopic (exact) mass is 699 g/mol. The van der Waals surface area contributed by atoms with Crippen molar-refractivity contribution in [1.82, 2.24) is 14.6 Å². The van der Waals surface area contributed by atoms with Gasteiger partial charge in [0.2, 0.25) is 12.7 Å². The molecule has 0 radical (unpaired) electrons. The molecule has 250 valence electrons. The summed E-state index contributed by atoms with van der Waals surface area (Å²) in [6, 6.07) is 19.6. The van der Waals surface area contributed by atoms with Gasteiger partial charge in [-0.3, -0.25) is 4.79 Å². The number of carbonyl (C=O) groups is 2. The molecule has 0 unspecified atom stereocenters. The average Bonchev–Trinajstić information content (AvgIpc) is 3.44. The molecule has 48 heavy (non-hydrogen) atoms. The number of nitrogens with one attached hydrogen (secondary N) is 1. The lowest BCUT2D eigenvalue weighted by Crippen LogP contribution is -2.29. The summed E-state index contributed by atoms with van der Waals surface area (Å²) in [6.07, 6.45) is 1.47. The molecule has 0 fully saturated rings. The molecule has 0 aliphatic heterocycles. The van der Waals surface area contributed by atoms with E-state index in [0.717, 1.165) is 16.7 Å². The lowest BCUT2D eigenvalue weighted by molar-refractivity contribution is -0.115. The number of amides is 2. The summed E-state index contributed by atoms with van der Waals surface area (Å²) in [5.41, 5.74) is 2.88. The van der Waals surface area contributed by atoms with Gasteiger partial charge >= 0.3 is 13.9 Å². The van der Waals surface area contributed by atoms with E-state index in [-0.39, 0.29) is 46.1 Å². The van der Waals surface area contributed by atoms with Crippen molar-refractivity contribution in [3.8, 4) is 16.9 Å². The molecule has 0 aliphatic rings. The van der Waals surface area contributed by atoms with E-state index in [0.29, 0.717) is 16.8 Å². The van der Waals surface area contributed by atoms with Crippen molar-refractivity contribution >= 4 is 52.6 Å². The van der Waals surface area contributed by atoms with Gasteiger partial charge in [0.05, 0.1) is 24.1 Å². The third kappa shape index (κ3) is 8.39. The predicted molar refractivity (Wildman–Crippen MR) is 170 cm³/mol. The van der Waals surface area contributed by atoms with E-state index in [1.165, 1.54) is 54.1 Å². The Morgan fingerprint density at radius 2 is 1.69 bits per heavy atom. The predicted octanol–water partition coefficient (Wildman–Crippen LogP) is 4.47. The number of fused-ring (bicyclic) bond motifs is 1. The first-order valence-electron chi connectivity index (χ1n) is 13.8. The Hall–Kier alpha value is -5.19. The number of aromatic nitrogens is 3. The summed E-state index contributed by atoms with van der Waals surface area (Å²) < 4.78 is 64.3. The quantitative estimate of drug-likeness (QED) is 0.129. The zero-order chi connectivity index (χ0) is 34.6. The van der Waals surface area contributed by atoms with Crippen LogP contribution in [0.4, 0.5) is 26.5 Å². The van der Waals surface area contributed by atoms with Crippen molar-refractivity contribution in [2.75, 3.05) is 30.4 Å². The van der Waals surface area contributed by atoms with E-state index in [1.54, 1.807) is 42.6 Å². The molecule has 5 aromatic rings. The number of hydrogen-bond acceptors (Lipinski definition) is 10. The number of hydrogen-bond donors (Lipinski definition) is 3. The largest absolute Gasteiger partial charge is 0.495 e. The van der Waals surface area contributed by atoms with Crippen molar-refractivity contribution in [2.45, 2.75) is 11.3 Å². The third-order valence-corrected chi connectivity index (χ3v) is 8.26. The SMILES string of the molecule is COc1cc(S(C)(=O)=O)ccc1N(C(=O)OCOP(=O)(O)O)c1nc2ccc(-c3ccc(NC(=O)Cc4ccc(F)cc4)cc3)cn2n1. The normalized spacial score (nSPS) is 11.7. The number of phosphoric ester groups is 1. The standard InChI is InChI=1S/C30H27FN5O10PS/c1-44-26-16-24(48(2,42)43)12-13-25(26)36(30(38)45-18-46-47(39,40)41)29-33-27-14-7-21(17-35(27)34-29)20-5-10-23(11-6-20)32-28(37)15-19-3-8-22(31)9-4-19/h3-14,16-17H,15,18H2,1-2H3,(H,32,37)(H2,39,40,41). The number of rotatable bonds is 11. The summed E-state index contributed by atoms with van der Waals surface area (Å²) in [7, 11) is -7.39. The smallest absolute Gasteiger partial charge is 0.472 e. The Morgan fingerprint density at radius 1 is 1.00 bits per heavy atom. The van der Waals surface area contributed by atoms with Gasteiger partial charge in [-0.15, -0.1) is 5.10 Å². The van der Waals surface area contributed by atoms with Gasteiger partial charge in [0.1, 0.15) is 11.6 Å². The van der Waals surface area contributed by atoms with Gasteiger partial charge in [-0.2, -0.15) is 4.98 Å². The molecule has 15 nitrogen and oxygen atoms in total. The van der Waals surface area contributed by atoms with E-state index >= 15 is 0 Å². The van der Waals surface area contributed by atoms with Crippen LogP contribution < -0.4 is 15.0 Å². The van der Waals surface area contributed by atoms with Crippen LogP contribution >= 0.6 is 7.82 Å². The number of nitrogens with zero attached hydrogens (tertiary/aromatic N) is 4. The minimum Gasteiger partial charge on any atom is -0.495 e. The Kier molecular flexibility index (Phi) is 9.88. The Balaban J connectivity index is 1.41. The highest BCUT2D eigenvalue weighted by Gasteiger charge is 2.29. The van der Waals surface area contributed by atoms with Gasteiger partial charge in [0.25, 0.3) is 5.95 Å². The molecule has 0 saturated carbocycles. The van der Waals surface area contributed by atoms with Crippen LogP contribution in [0.2, 0.25) is 0 Å². The second kappa shape index (κ2) is 13.9. The number of carbonyl (C=O) groups excluding carboxylic acids is 2. The number of benzene rings is 3. The fourth-order valence-corrected chi connectivity index (χ4v) is 5.27. The first-order chi connectivity index (χ1) is 22.7. The van der Waals surface area contributed by atoms with E-state index in [4.69, 9.17) is 19.3 Å². The fraction of sp³-hybridized carbons (Fsp3) is 0.133. The van der Waals surface area contributed by atoms with E-state index < -0.39 is 30.5 Å². The van der Waals surface area contributed by atoms with Crippen LogP contribution in [0.5, 0.6) is 5.75 Å².